The summed E-state index contributed by atoms with van der Waals surface area (Å²) in [5.74, 6) is 0.113. The summed E-state index contributed by atoms with van der Waals surface area (Å²) >= 11 is 0. The van der Waals surface area contributed by atoms with Crippen molar-refractivity contribution in [1.82, 2.24) is 9.29 Å². The van der Waals surface area contributed by atoms with E-state index in [-0.39, 0.29) is 17.9 Å². The minimum Gasteiger partial charge on any atom is -0.329 e. The first-order chi connectivity index (χ1) is 11.1. The number of benzene rings is 1. The zero-order valence-corrected chi connectivity index (χ0v) is 13.7. The fourth-order valence-electron chi connectivity index (χ4n) is 2.93. The molecule has 1 aliphatic heterocycles. The van der Waals surface area contributed by atoms with Crippen LogP contribution in [0, 0.1) is 0 Å². The van der Waals surface area contributed by atoms with Crippen LogP contribution in [0.5, 0.6) is 0 Å². The molecular weight excluding hydrogens is 312 g/mol. The summed E-state index contributed by atoms with van der Waals surface area (Å²) in [6.07, 6.45) is 3.54. The maximum absolute atomic E-state index is 12.5. The Morgan fingerprint density at radius 2 is 1.91 bits per heavy atom. The van der Waals surface area contributed by atoms with Gasteiger partial charge in [-0.1, -0.05) is 30.3 Å². The molecule has 0 fully saturated rings. The third-order valence-electron chi connectivity index (χ3n) is 4.23. The van der Waals surface area contributed by atoms with Gasteiger partial charge in [-0.15, -0.1) is 0 Å². The molecule has 5 nitrogen and oxygen atoms in total. The lowest BCUT2D eigenvalue weighted by Gasteiger charge is -2.27. The van der Waals surface area contributed by atoms with E-state index in [0.29, 0.717) is 24.9 Å². The van der Waals surface area contributed by atoms with Crippen molar-refractivity contribution < 1.29 is 8.42 Å². The first kappa shape index (κ1) is 16.0. The molecule has 122 valence electrons. The Hall–Kier alpha value is -1.92. The van der Waals surface area contributed by atoms with Gasteiger partial charge < -0.3 is 4.98 Å². The summed E-state index contributed by atoms with van der Waals surface area (Å²) < 4.78 is 26.5. The highest BCUT2D eigenvalue weighted by Crippen LogP contribution is 2.19. The second kappa shape index (κ2) is 6.68. The van der Waals surface area contributed by atoms with E-state index in [1.54, 1.807) is 6.20 Å². The lowest BCUT2D eigenvalue weighted by Crippen LogP contribution is -2.40. The van der Waals surface area contributed by atoms with Gasteiger partial charge in [-0.2, -0.15) is 4.31 Å². The average molecular weight is 332 g/mol. The highest BCUT2D eigenvalue weighted by molar-refractivity contribution is 7.89. The summed E-state index contributed by atoms with van der Waals surface area (Å²) in [5.41, 5.74) is 2.48. The lowest BCUT2D eigenvalue weighted by molar-refractivity contribution is 0.388. The largest absolute Gasteiger partial charge is 0.329 e. The van der Waals surface area contributed by atoms with Gasteiger partial charge in [0, 0.05) is 24.8 Å². The third-order valence-corrected chi connectivity index (χ3v) is 6.13. The predicted octanol–water partition coefficient (Wildman–Crippen LogP) is 1.70. The average Bonchev–Trinajstić information content (AvgIpc) is 2.56. The molecule has 1 aromatic heterocycles. The molecule has 1 N–H and O–H groups in total. The molecule has 0 saturated heterocycles. The SMILES string of the molecule is O=c1[nH]ccc2c1CN(S(=O)(=O)CCCc1ccccc1)CC2. The van der Waals surface area contributed by atoms with Gasteiger partial charge in [-0.3, -0.25) is 4.79 Å². The first-order valence-corrected chi connectivity index (χ1v) is 9.38. The number of nitrogens with one attached hydrogen (secondary N) is 1. The molecule has 2 heterocycles. The van der Waals surface area contributed by atoms with E-state index in [1.165, 1.54) is 4.31 Å². The Balaban J connectivity index is 1.64. The van der Waals surface area contributed by atoms with Gasteiger partial charge in [0.2, 0.25) is 10.0 Å². The number of H-pyrrole nitrogens is 1. The molecule has 0 aliphatic carbocycles. The molecule has 0 spiro atoms. The Kier molecular flexibility index (Phi) is 4.63. The van der Waals surface area contributed by atoms with Crippen LogP contribution in [-0.4, -0.2) is 30.0 Å². The van der Waals surface area contributed by atoms with Crippen molar-refractivity contribution in [3.8, 4) is 0 Å². The number of nitrogens with zero attached hydrogens (tertiary/aromatic N) is 1. The van der Waals surface area contributed by atoms with E-state index in [2.05, 4.69) is 4.98 Å². The molecule has 23 heavy (non-hydrogen) atoms. The van der Waals surface area contributed by atoms with Crippen LogP contribution in [-0.2, 0) is 29.4 Å². The van der Waals surface area contributed by atoms with Crippen LogP contribution >= 0.6 is 0 Å². The smallest absolute Gasteiger partial charge is 0.252 e. The van der Waals surface area contributed by atoms with Crippen LogP contribution in [0.1, 0.15) is 23.1 Å². The monoisotopic (exact) mass is 332 g/mol. The Bertz CT molecular complexity index is 828. The number of aryl methyl sites for hydroxylation is 1. The standard InChI is InChI=1S/C17H20N2O3S/c20-17-16-13-19(11-9-15(16)8-10-18-17)23(21,22)12-4-7-14-5-2-1-3-6-14/h1-3,5-6,8,10H,4,7,9,11-13H2,(H,18,20). The molecule has 2 aromatic rings. The van der Waals surface area contributed by atoms with Crippen molar-refractivity contribution >= 4 is 10.0 Å². The molecule has 0 unspecified atom stereocenters. The summed E-state index contributed by atoms with van der Waals surface area (Å²) in [7, 11) is -3.33. The fourth-order valence-corrected chi connectivity index (χ4v) is 4.39. The summed E-state index contributed by atoms with van der Waals surface area (Å²) in [6, 6.07) is 11.7. The molecular formula is C17H20N2O3S. The Morgan fingerprint density at radius 1 is 1.13 bits per heavy atom. The van der Waals surface area contributed by atoms with Gasteiger partial charge in [0.15, 0.2) is 0 Å². The van der Waals surface area contributed by atoms with Gasteiger partial charge in [0.25, 0.3) is 5.56 Å². The summed E-state index contributed by atoms with van der Waals surface area (Å²) in [6.45, 7) is 0.628. The van der Waals surface area contributed by atoms with Crippen molar-refractivity contribution in [3.63, 3.8) is 0 Å². The zero-order chi connectivity index (χ0) is 16.3. The van der Waals surface area contributed by atoms with Crippen LogP contribution in [0.2, 0.25) is 0 Å². The molecule has 0 radical (unpaired) electrons. The second-order valence-electron chi connectivity index (χ2n) is 5.80. The van der Waals surface area contributed by atoms with Crippen molar-refractivity contribution in [2.75, 3.05) is 12.3 Å². The predicted molar refractivity (Wildman–Crippen MR) is 89.7 cm³/mol. The van der Waals surface area contributed by atoms with E-state index in [0.717, 1.165) is 17.5 Å². The first-order valence-electron chi connectivity index (χ1n) is 7.77. The van der Waals surface area contributed by atoms with Crippen molar-refractivity contribution in [3.05, 3.63) is 69.6 Å². The van der Waals surface area contributed by atoms with Gasteiger partial charge in [-0.25, -0.2) is 8.42 Å². The highest BCUT2D eigenvalue weighted by atomic mass is 32.2. The number of aromatic nitrogens is 1. The normalized spacial score (nSPS) is 15.3. The number of hydrogen-bond acceptors (Lipinski definition) is 3. The Labute approximate surface area is 136 Å². The molecule has 0 saturated carbocycles. The molecule has 0 amide bonds. The van der Waals surface area contributed by atoms with Gasteiger partial charge in [-0.05, 0) is 36.5 Å². The summed E-state index contributed by atoms with van der Waals surface area (Å²) in [5, 5.41) is 0. The van der Waals surface area contributed by atoms with Crippen molar-refractivity contribution in [1.29, 1.82) is 0 Å². The quantitative estimate of drug-likeness (QED) is 0.906. The zero-order valence-electron chi connectivity index (χ0n) is 12.9. The van der Waals surface area contributed by atoms with E-state index in [4.69, 9.17) is 0 Å². The number of rotatable bonds is 5. The van der Waals surface area contributed by atoms with Gasteiger partial charge in [0.05, 0.1) is 5.75 Å². The molecule has 0 bridgehead atoms. The van der Waals surface area contributed by atoms with Crippen LogP contribution in [0.15, 0.2) is 47.4 Å². The molecule has 3 rings (SSSR count). The number of hydrogen-bond donors (Lipinski definition) is 1. The van der Waals surface area contributed by atoms with Crippen LogP contribution in [0.3, 0.4) is 0 Å². The van der Waals surface area contributed by atoms with Crippen LogP contribution in [0.4, 0.5) is 0 Å². The minimum absolute atomic E-state index is 0.113. The second-order valence-corrected chi connectivity index (χ2v) is 7.89. The number of fused-ring (bicyclic) bond motifs is 1. The third kappa shape index (κ3) is 3.71. The summed E-state index contributed by atoms with van der Waals surface area (Å²) in [4.78, 5) is 14.5. The maximum Gasteiger partial charge on any atom is 0.252 e. The topological polar surface area (TPSA) is 70.2 Å². The van der Waals surface area contributed by atoms with Gasteiger partial charge >= 0.3 is 0 Å². The van der Waals surface area contributed by atoms with Gasteiger partial charge in [0.1, 0.15) is 0 Å². The highest BCUT2D eigenvalue weighted by Gasteiger charge is 2.27. The molecule has 6 heteroatoms. The van der Waals surface area contributed by atoms with E-state index >= 15 is 0 Å². The minimum atomic E-state index is -3.33. The maximum atomic E-state index is 12.5. The van der Waals surface area contributed by atoms with E-state index in [9.17, 15) is 13.2 Å². The number of sulfonamides is 1. The van der Waals surface area contributed by atoms with E-state index in [1.807, 2.05) is 36.4 Å². The Morgan fingerprint density at radius 3 is 2.70 bits per heavy atom. The fraction of sp³-hybridized carbons (Fsp3) is 0.353. The molecule has 1 aliphatic rings. The van der Waals surface area contributed by atoms with Crippen molar-refractivity contribution in [2.45, 2.75) is 25.8 Å². The van der Waals surface area contributed by atoms with Crippen LogP contribution < -0.4 is 5.56 Å². The molecule has 0 atom stereocenters. The number of pyridine rings is 1. The number of aromatic amines is 1. The van der Waals surface area contributed by atoms with E-state index < -0.39 is 10.0 Å². The van der Waals surface area contributed by atoms with Crippen molar-refractivity contribution in [2.24, 2.45) is 0 Å². The molecule has 1 aromatic carbocycles. The lowest BCUT2D eigenvalue weighted by atomic mass is 10.0. The van der Waals surface area contributed by atoms with Crippen LogP contribution in [0.25, 0.3) is 0 Å².